The minimum atomic E-state index is -0.0369. The first-order chi connectivity index (χ1) is 15.2. The summed E-state index contributed by atoms with van der Waals surface area (Å²) < 4.78 is 5.44. The Kier molecular flexibility index (Phi) is 6.67. The van der Waals surface area contributed by atoms with Gasteiger partial charge in [-0.15, -0.1) is 11.3 Å². The molecule has 0 aliphatic carbocycles. The Morgan fingerprint density at radius 3 is 2.42 bits per heavy atom. The largest absolute Gasteiger partial charge is 0.494 e. The Morgan fingerprint density at radius 2 is 1.74 bits per heavy atom. The van der Waals surface area contributed by atoms with Crippen LogP contribution < -0.4 is 10.1 Å². The van der Waals surface area contributed by atoms with Crippen molar-refractivity contribution >= 4 is 23.2 Å². The van der Waals surface area contributed by atoms with Crippen molar-refractivity contribution in [3.63, 3.8) is 0 Å². The average Bonchev–Trinajstić information content (AvgIpc) is 3.31. The Labute approximate surface area is 186 Å². The molecule has 0 bridgehead atoms. The number of thiophene rings is 1. The Morgan fingerprint density at radius 1 is 1.03 bits per heavy atom. The zero-order chi connectivity index (χ0) is 21.6. The van der Waals surface area contributed by atoms with Gasteiger partial charge >= 0.3 is 0 Å². The van der Waals surface area contributed by atoms with Crippen LogP contribution in [0, 0.1) is 0 Å². The van der Waals surface area contributed by atoms with Gasteiger partial charge in [-0.25, -0.2) is 0 Å². The van der Waals surface area contributed by atoms with Crippen LogP contribution in [0.4, 0.5) is 0 Å². The Bertz CT molecular complexity index is 1020. The third-order valence-electron chi connectivity index (χ3n) is 5.49. The summed E-state index contributed by atoms with van der Waals surface area (Å²) in [6, 6.07) is 19.3. The number of nitrogens with one attached hydrogen (secondary N) is 1. The molecule has 0 radical (unpaired) electrons. The fourth-order valence-electron chi connectivity index (χ4n) is 3.85. The molecule has 0 atom stereocenters. The summed E-state index contributed by atoms with van der Waals surface area (Å²) in [5, 5.41) is 5.12. The van der Waals surface area contributed by atoms with E-state index >= 15 is 0 Å². The maximum absolute atomic E-state index is 12.9. The van der Waals surface area contributed by atoms with E-state index in [9.17, 15) is 9.59 Å². The summed E-state index contributed by atoms with van der Waals surface area (Å²) in [5.74, 6) is 0.756. The van der Waals surface area contributed by atoms with E-state index in [1.807, 2.05) is 77.9 Å². The second kappa shape index (κ2) is 9.79. The lowest BCUT2D eigenvalue weighted by atomic mass is 10.0. The maximum Gasteiger partial charge on any atom is 0.262 e. The second-order valence-electron chi connectivity index (χ2n) is 7.53. The van der Waals surface area contributed by atoms with Crippen LogP contribution in [0.15, 0.2) is 66.0 Å². The van der Waals surface area contributed by atoms with Crippen molar-refractivity contribution in [3.8, 4) is 16.9 Å². The lowest BCUT2D eigenvalue weighted by molar-refractivity contribution is 0.0698. The normalized spacial score (nSPS) is 14.3. The first-order valence-electron chi connectivity index (χ1n) is 10.6. The molecular weight excluding hydrogens is 408 g/mol. The van der Waals surface area contributed by atoms with Gasteiger partial charge < -0.3 is 15.0 Å². The molecule has 31 heavy (non-hydrogen) atoms. The van der Waals surface area contributed by atoms with Crippen LogP contribution >= 0.6 is 11.3 Å². The summed E-state index contributed by atoms with van der Waals surface area (Å²) in [4.78, 5) is 28.3. The zero-order valence-corrected chi connectivity index (χ0v) is 18.4. The Hall–Kier alpha value is -3.12. The van der Waals surface area contributed by atoms with E-state index in [0.29, 0.717) is 25.3 Å². The molecule has 2 heterocycles. The molecule has 4 rings (SSSR count). The van der Waals surface area contributed by atoms with Crippen molar-refractivity contribution in [2.24, 2.45) is 0 Å². The summed E-state index contributed by atoms with van der Waals surface area (Å²) >= 11 is 1.46. The van der Waals surface area contributed by atoms with Crippen LogP contribution in [0.2, 0.25) is 0 Å². The average molecular weight is 435 g/mol. The molecule has 6 heteroatoms. The number of hydrogen-bond acceptors (Lipinski definition) is 4. The fraction of sp³-hybridized carbons (Fsp3) is 0.280. The van der Waals surface area contributed by atoms with Crippen molar-refractivity contribution in [3.05, 3.63) is 76.5 Å². The number of benzene rings is 2. The molecule has 0 unspecified atom stereocenters. The maximum atomic E-state index is 12.9. The number of carbonyl (C=O) groups is 2. The monoisotopic (exact) mass is 434 g/mol. The number of amides is 2. The van der Waals surface area contributed by atoms with Crippen molar-refractivity contribution in [2.75, 3.05) is 19.7 Å². The molecule has 3 aromatic rings. The van der Waals surface area contributed by atoms with Crippen LogP contribution in [-0.2, 0) is 0 Å². The van der Waals surface area contributed by atoms with Crippen LogP contribution in [0.5, 0.6) is 5.75 Å². The minimum absolute atomic E-state index is 0.0254. The molecule has 1 aliphatic rings. The highest BCUT2D eigenvalue weighted by molar-refractivity contribution is 7.12. The molecule has 160 valence electrons. The molecular formula is C25H26N2O3S. The molecule has 1 aliphatic heterocycles. The van der Waals surface area contributed by atoms with Crippen molar-refractivity contribution < 1.29 is 14.3 Å². The van der Waals surface area contributed by atoms with Gasteiger partial charge in [0.1, 0.15) is 5.75 Å². The van der Waals surface area contributed by atoms with Crippen molar-refractivity contribution in [1.29, 1.82) is 0 Å². The summed E-state index contributed by atoms with van der Waals surface area (Å²) in [6.45, 7) is 3.80. The number of rotatable bonds is 6. The van der Waals surface area contributed by atoms with Crippen LogP contribution in [-0.4, -0.2) is 42.5 Å². The number of carbonyl (C=O) groups excluding carboxylic acids is 2. The van der Waals surface area contributed by atoms with E-state index in [4.69, 9.17) is 4.74 Å². The van der Waals surface area contributed by atoms with E-state index in [-0.39, 0.29) is 17.9 Å². The quantitative estimate of drug-likeness (QED) is 0.603. The smallest absolute Gasteiger partial charge is 0.262 e. The van der Waals surface area contributed by atoms with Gasteiger partial charge in [0.2, 0.25) is 0 Å². The van der Waals surface area contributed by atoms with Crippen molar-refractivity contribution in [1.82, 2.24) is 10.2 Å². The molecule has 1 N–H and O–H groups in total. The van der Waals surface area contributed by atoms with E-state index < -0.39 is 0 Å². The van der Waals surface area contributed by atoms with E-state index in [1.54, 1.807) is 0 Å². The number of hydrogen-bond donors (Lipinski definition) is 1. The standard InChI is InChI=1S/C25H26N2O3S/c1-2-30-21-10-8-19(9-11-21)25(29)27-15-12-20(13-16-27)26-24(28)23-22(14-17-31-23)18-6-4-3-5-7-18/h3-11,14,17,20H,2,12-13,15-16H2,1H3,(H,26,28). The third-order valence-corrected chi connectivity index (χ3v) is 6.40. The van der Waals surface area contributed by atoms with Crippen molar-refractivity contribution in [2.45, 2.75) is 25.8 Å². The molecule has 0 saturated carbocycles. The highest BCUT2D eigenvalue weighted by Crippen LogP contribution is 2.28. The van der Waals surface area contributed by atoms with Gasteiger partial charge in [-0.05, 0) is 61.0 Å². The topological polar surface area (TPSA) is 58.6 Å². The van der Waals surface area contributed by atoms with E-state index in [0.717, 1.165) is 34.6 Å². The molecule has 0 spiro atoms. The minimum Gasteiger partial charge on any atom is -0.494 e. The lowest BCUT2D eigenvalue weighted by Crippen LogP contribution is -2.46. The SMILES string of the molecule is CCOc1ccc(C(=O)N2CCC(NC(=O)c3sccc3-c3ccccc3)CC2)cc1. The van der Waals surface area contributed by atoms with E-state index in [1.165, 1.54) is 11.3 Å². The van der Waals surface area contributed by atoms with Crippen LogP contribution in [0.1, 0.15) is 39.8 Å². The van der Waals surface area contributed by atoms with E-state index in [2.05, 4.69) is 5.32 Å². The molecule has 1 aromatic heterocycles. The highest BCUT2D eigenvalue weighted by Gasteiger charge is 2.26. The second-order valence-corrected chi connectivity index (χ2v) is 8.44. The predicted molar refractivity (Wildman–Crippen MR) is 124 cm³/mol. The van der Waals surface area contributed by atoms with Crippen LogP contribution in [0.3, 0.4) is 0 Å². The number of piperidine rings is 1. The van der Waals surface area contributed by atoms with Gasteiger partial charge in [0.25, 0.3) is 11.8 Å². The van der Waals surface area contributed by atoms with Gasteiger partial charge in [0, 0.05) is 30.3 Å². The zero-order valence-electron chi connectivity index (χ0n) is 17.5. The van der Waals surface area contributed by atoms with Gasteiger partial charge in [-0.2, -0.15) is 0 Å². The molecule has 5 nitrogen and oxygen atoms in total. The van der Waals surface area contributed by atoms with Gasteiger partial charge in [0.15, 0.2) is 0 Å². The van der Waals surface area contributed by atoms with Gasteiger partial charge in [-0.3, -0.25) is 9.59 Å². The molecule has 2 amide bonds. The molecule has 1 fully saturated rings. The predicted octanol–water partition coefficient (Wildman–Crippen LogP) is 4.85. The van der Waals surface area contributed by atoms with Crippen LogP contribution in [0.25, 0.3) is 11.1 Å². The molecule has 2 aromatic carbocycles. The summed E-state index contributed by atoms with van der Waals surface area (Å²) in [7, 11) is 0. The fourth-order valence-corrected chi connectivity index (χ4v) is 4.67. The highest BCUT2D eigenvalue weighted by atomic mass is 32.1. The summed E-state index contributed by atoms with van der Waals surface area (Å²) in [6.07, 6.45) is 1.50. The number of ether oxygens (including phenoxy) is 1. The summed E-state index contributed by atoms with van der Waals surface area (Å²) in [5.41, 5.74) is 2.67. The lowest BCUT2D eigenvalue weighted by Gasteiger charge is -2.32. The Balaban J connectivity index is 1.33. The van der Waals surface area contributed by atoms with Gasteiger partial charge in [0.05, 0.1) is 11.5 Å². The van der Waals surface area contributed by atoms with Gasteiger partial charge in [-0.1, -0.05) is 30.3 Å². The number of likely N-dealkylation sites (tertiary alicyclic amines) is 1. The first kappa shape index (κ1) is 21.1. The number of nitrogens with zero attached hydrogens (tertiary/aromatic N) is 1. The first-order valence-corrected chi connectivity index (χ1v) is 11.5. The molecule has 1 saturated heterocycles. The third kappa shape index (κ3) is 4.97.